The molecule has 1 aromatic carbocycles. The van der Waals surface area contributed by atoms with E-state index < -0.39 is 12.7 Å². The van der Waals surface area contributed by atoms with Crippen LogP contribution in [0.1, 0.15) is 34.6 Å². The Balaban J connectivity index is 1.87. The average Bonchev–Trinajstić information content (AvgIpc) is 2.97. The molecular formula is C15H15BO3S. The molecule has 1 aliphatic rings. The monoisotopic (exact) mass is 286 g/mol. The second-order valence-corrected chi connectivity index (χ2v) is 6.43. The second kappa shape index (κ2) is 4.84. The summed E-state index contributed by atoms with van der Waals surface area (Å²) in [5.74, 6) is 0.104. The molecule has 0 fully saturated rings. The molecule has 3 nitrogen and oxygen atoms in total. The molecule has 2 heterocycles. The van der Waals surface area contributed by atoms with E-state index >= 15 is 0 Å². The van der Waals surface area contributed by atoms with Crippen LogP contribution in [0.25, 0.3) is 0 Å². The van der Waals surface area contributed by atoms with Crippen LogP contribution < -0.4 is 5.46 Å². The summed E-state index contributed by atoms with van der Waals surface area (Å²) in [5.41, 5.74) is 2.18. The Kier molecular flexibility index (Phi) is 3.28. The lowest BCUT2D eigenvalue weighted by molar-refractivity contribution is 0.0994. The summed E-state index contributed by atoms with van der Waals surface area (Å²) in [6.45, 7) is 3.86. The summed E-state index contributed by atoms with van der Waals surface area (Å²) in [7, 11) is -0.906. The van der Waals surface area contributed by atoms with Gasteiger partial charge in [0, 0.05) is 6.42 Å². The lowest BCUT2D eigenvalue weighted by atomic mass is 9.77. The molecule has 0 amide bonds. The van der Waals surface area contributed by atoms with Crippen LogP contribution in [0.4, 0.5) is 0 Å². The first-order valence-electron chi connectivity index (χ1n) is 6.53. The van der Waals surface area contributed by atoms with Crippen LogP contribution in [-0.4, -0.2) is 17.9 Å². The number of hydrogen-bond acceptors (Lipinski definition) is 4. The van der Waals surface area contributed by atoms with Gasteiger partial charge in [0.05, 0.1) is 10.5 Å². The zero-order valence-corrected chi connectivity index (χ0v) is 12.2. The van der Waals surface area contributed by atoms with Gasteiger partial charge < -0.3 is 9.68 Å². The van der Waals surface area contributed by atoms with Gasteiger partial charge in [-0.15, -0.1) is 11.3 Å². The van der Waals surface area contributed by atoms with Crippen molar-refractivity contribution in [2.75, 3.05) is 0 Å². The van der Waals surface area contributed by atoms with Crippen molar-refractivity contribution in [1.29, 1.82) is 0 Å². The maximum absolute atomic E-state index is 12.1. The predicted octanol–water partition coefficient (Wildman–Crippen LogP) is 2.13. The summed E-state index contributed by atoms with van der Waals surface area (Å²) in [6, 6.07) is 9.47. The number of Topliss-reactive ketones (excluding diaryl/α,β-unsaturated/α-hetero) is 1. The molecule has 0 aliphatic carbocycles. The van der Waals surface area contributed by atoms with Gasteiger partial charge in [0.2, 0.25) is 0 Å². The van der Waals surface area contributed by atoms with Gasteiger partial charge in [0.1, 0.15) is 0 Å². The Labute approximate surface area is 122 Å². The molecule has 0 saturated carbocycles. The molecule has 3 rings (SSSR count). The van der Waals surface area contributed by atoms with Gasteiger partial charge in [0.25, 0.3) is 0 Å². The fourth-order valence-electron chi connectivity index (χ4n) is 2.59. The maximum atomic E-state index is 12.1. The van der Waals surface area contributed by atoms with Crippen LogP contribution in [0.5, 0.6) is 0 Å². The highest BCUT2D eigenvalue weighted by Crippen LogP contribution is 2.30. The minimum Gasteiger partial charge on any atom is -0.423 e. The van der Waals surface area contributed by atoms with Crippen molar-refractivity contribution in [3.63, 3.8) is 0 Å². The highest BCUT2D eigenvalue weighted by atomic mass is 32.1. The molecule has 2 aromatic rings. The van der Waals surface area contributed by atoms with Crippen molar-refractivity contribution >= 4 is 29.7 Å². The number of benzene rings is 1. The van der Waals surface area contributed by atoms with Crippen LogP contribution in [0.2, 0.25) is 0 Å². The number of thiophene rings is 1. The molecule has 102 valence electrons. The Morgan fingerprint density at radius 3 is 2.90 bits per heavy atom. The number of carbonyl (C=O) groups excluding carboxylic acids is 1. The highest BCUT2D eigenvalue weighted by Gasteiger charge is 2.40. The summed E-state index contributed by atoms with van der Waals surface area (Å²) in [5, 5.41) is 11.9. The van der Waals surface area contributed by atoms with Crippen LogP contribution >= 0.6 is 11.3 Å². The zero-order valence-electron chi connectivity index (χ0n) is 11.4. The lowest BCUT2D eigenvalue weighted by Crippen LogP contribution is -2.29. The van der Waals surface area contributed by atoms with Crippen molar-refractivity contribution in [3.05, 3.63) is 51.7 Å². The van der Waals surface area contributed by atoms with E-state index in [0.717, 1.165) is 21.5 Å². The Morgan fingerprint density at radius 1 is 1.40 bits per heavy atom. The predicted molar refractivity (Wildman–Crippen MR) is 80.5 cm³/mol. The molecule has 0 atom stereocenters. The quantitative estimate of drug-likeness (QED) is 0.694. The molecule has 0 saturated heterocycles. The zero-order chi connectivity index (χ0) is 14.3. The smallest absolute Gasteiger partial charge is 0.423 e. The van der Waals surface area contributed by atoms with Crippen LogP contribution in [0, 0.1) is 0 Å². The van der Waals surface area contributed by atoms with Gasteiger partial charge >= 0.3 is 7.12 Å². The highest BCUT2D eigenvalue weighted by molar-refractivity contribution is 7.12. The first kappa shape index (κ1) is 13.6. The fraction of sp³-hybridized carbons (Fsp3) is 0.267. The summed E-state index contributed by atoms with van der Waals surface area (Å²) < 4.78 is 5.52. The molecule has 1 aromatic heterocycles. The van der Waals surface area contributed by atoms with Crippen LogP contribution in [-0.2, 0) is 16.7 Å². The molecule has 1 aliphatic heterocycles. The topological polar surface area (TPSA) is 46.5 Å². The Morgan fingerprint density at radius 2 is 2.20 bits per heavy atom. The maximum Gasteiger partial charge on any atom is 0.492 e. The van der Waals surface area contributed by atoms with E-state index in [1.54, 1.807) is 0 Å². The third-order valence-corrected chi connectivity index (χ3v) is 4.51. The summed E-state index contributed by atoms with van der Waals surface area (Å²) in [6.07, 6.45) is 0.348. The van der Waals surface area contributed by atoms with Gasteiger partial charge in [-0.1, -0.05) is 24.3 Å². The van der Waals surface area contributed by atoms with E-state index in [1.807, 2.05) is 49.6 Å². The second-order valence-electron chi connectivity index (χ2n) is 5.48. The molecule has 5 heteroatoms. The van der Waals surface area contributed by atoms with E-state index in [-0.39, 0.29) is 5.78 Å². The molecular weight excluding hydrogens is 271 g/mol. The van der Waals surface area contributed by atoms with Crippen molar-refractivity contribution in [1.82, 2.24) is 0 Å². The van der Waals surface area contributed by atoms with E-state index in [9.17, 15) is 9.82 Å². The van der Waals surface area contributed by atoms with Crippen LogP contribution in [0.3, 0.4) is 0 Å². The van der Waals surface area contributed by atoms with Crippen molar-refractivity contribution < 1.29 is 14.5 Å². The number of fused-ring (bicyclic) bond motifs is 1. The number of ketones is 1. The van der Waals surface area contributed by atoms with Gasteiger partial charge in [-0.05, 0) is 41.9 Å². The molecule has 0 unspecified atom stereocenters. The SMILES string of the molecule is CC1(C)OB(O)c2cc(CC(=O)c3cccs3)ccc21. The first-order valence-corrected chi connectivity index (χ1v) is 7.41. The van der Waals surface area contributed by atoms with Crippen LogP contribution in [0.15, 0.2) is 35.7 Å². The molecule has 0 bridgehead atoms. The standard InChI is InChI=1S/C15H15BO3S/c1-15(2)11-6-5-10(8-12(11)16(18)19-15)9-13(17)14-4-3-7-20-14/h3-8,18H,9H2,1-2H3. The third kappa shape index (κ3) is 2.33. The van der Waals surface area contributed by atoms with Gasteiger partial charge in [-0.25, -0.2) is 0 Å². The molecule has 0 radical (unpaired) electrons. The largest absolute Gasteiger partial charge is 0.492 e. The van der Waals surface area contributed by atoms with Gasteiger partial charge in [-0.2, -0.15) is 0 Å². The summed E-state index contributed by atoms with van der Waals surface area (Å²) in [4.78, 5) is 12.9. The van der Waals surface area contributed by atoms with E-state index in [4.69, 9.17) is 4.65 Å². The van der Waals surface area contributed by atoms with Gasteiger partial charge in [0.15, 0.2) is 5.78 Å². The Hall–Kier alpha value is -1.43. The van der Waals surface area contributed by atoms with Crippen molar-refractivity contribution in [2.24, 2.45) is 0 Å². The Bertz CT molecular complexity index is 649. The normalized spacial score (nSPS) is 16.2. The average molecular weight is 286 g/mol. The van der Waals surface area contributed by atoms with Crippen molar-refractivity contribution in [3.8, 4) is 0 Å². The minimum absolute atomic E-state index is 0.104. The summed E-state index contributed by atoms with van der Waals surface area (Å²) >= 11 is 1.45. The fourth-order valence-corrected chi connectivity index (χ4v) is 3.26. The van der Waals surface area contributed by atoms with Gasteiger partial charge in [-0.3, -0.25) is 4.79 Å². The molecule has 0 spiro atoms. The third-order valence-electron chi connectivity index (χ3n) is 3.60. The number of hydrogen-bond donors (Lipinski definition) is 1. The lowest BCUT2D eigenvalue weighted by Gasteiger charge is -2.19. The molecule has 20 heavy (non-hydrogen) atoms. The van der Waals surface area contributed by atoms with E-state index in [1.165, 1.54) is 11.3 Å². The molecule has 1 N–H and O–H groups in total. The number of carbonyl (C=O) groups is 1. The number of rotatable bonds is 3. The first-order chi connectivity index (χ1) is 9.47. The minimum atomic E-state index is -0.906. The van der Waals surface area contributed by atoms with Crippen molar-refractivity contribution in [2.45, 2.75) is 25.9 Å². The van der Waals surface area contributed by atoms with E-state index in [0.29, 0.717) is 6.42 Å². The van der Waals surface area contributed by atoms with E-state index in [2.05, 4.69) is 0 Å².